The molecule has 0 amide bonds. The number of ketones is 1. The van der Waals surface area contributed by atoms with Gasteiger partial charge in [-0.2, -0.15) is 0 Å². The lowest BCUT2D eigenvalue weighted by molar-refractivity contribution is -0.138. The standard InChI is InChI=1S/C22H28O3/c1-4-22(25)10-7-17-19-14(2)11-15-12-16(24)5-9-21(15,13-23)18(19)6-8-20(17,22)3/h1,12-14,17-19,25H,5-11H2,2-3H3/t14?,17-,18+,19-,20-,21+,22?/m0/s1. The lowest BCUT2D eigenvalue weighted by Crippen LogP contribution is -2.57. The average molecular weight is 340 g/mol. The van der Waals surface area contributed by atoms with Gasteiger partial charge in [0.1, 0.15) is 11.9 Å². The molecule has 3 nitrogen and oxygen atoms in total. The van der Waals surface area contributed by atoms with Crippen LogP contribution in [0.3, 0.4) is 0 Å². The van der Waals surface area contributed by atoms with Crippen molar-refractivity contribution in [2.75, 3.05) is 0 Å². The molecule has 4 rings (SSSR count). The minimum Gasteiger partial charge on any atom is -0.377 e. The Morgan fingerprint density at radius 1 is 1.28 bits per heavy atom. The number of carbonyl (C=O) groups excluding carboxylic acids is 2. The van der Waals surface area contributed by atoms with Crippen molar-refractivity contribution in [2.45, 2.75) is 64.4 Å². The zero-order valence-corrected chi connectivity index (χ0v) is 15.3. The Kier molecular flexibility index (Phi) is 3.61. The number of aliphatic hydroxyl groups is 1. The summed E-state index contributed by atoms with van der Waals surface area (Å²) in [7, 11) is 0. The van der Waals surface area contributed by atoms with Crippen LogP contribution in [-0.2, 0) is 9.59 Å². The van der Waals surface area contributed by atoms with E-state index in [1.165, 1.54) is 0 Å². The molecular weight excluding hydrogens is 312 g/mol. The third-order valence-electron chi connectivity index (χ3n) is 8.51. The Morgan fingerprint density at radius 3 is 2.68 bits per heavy atom. The molecule has 1 N–H and O–H groups in total. The molecule has 0 aromatic carbocycles. The van der Waals surface area contributed by atoms with Crippen molar-refractivity contribution >= 4 is 12.1 Å². The molecule has 3 heteroatoms. The van der Waals surface area contributed by atoms with E-state index >= 15 is 0 Å². The van der Waals surface area contributed by atoms with Crippen LogP contribution in [0.5, 0.6) is 0 Å². The zero-order valence-electron chi connectivity index (χ0n) is 15.3. The van der Waals surface area contributed by atoms with Crippen molar-refractivity contribution in [3.8, 4) is 12.3 Å². The summed E-state index contributed by atoms with van der Waals surface area (Å²) in [4.78, 5) is 24.3. The van der Waals surface area contributed by atoms with Gasteiger partial charge in [-0.1, -0.05) is 25.3 Å². The van der Waals surface area contributed by atoms with Crippen molar-refractivity contribution in [3.63, 3.8) is 0 Å². The lowest BCUT2D eigenvalue weighted by atomic mass is 9.44. The second-order valence-electron chi connectivity index (χ2n) is 9.27. The first-order valence-electron chi connectivity index (χ1n) is 9.72. The van der Waals surface area contributed by atoms with E-state index < -0.39 is 11.0 Å². The second kappa shape index (κ2) is 5.30. The van der Waals surface area contributed by atoms with Crippen molar-refractivity contribution in [2.24, 2.45) is 34.5 Å². The van der Waals surface area contributed by atoms with Gasteiger partial charge in [0.25, 0.3) is 0 Å². The molecule has 3 saturated carbocycles. The normalized spacial score (nSPS) is 51.6. The summed E-state index contributed by atoms with van der Waals surface area (Å²) >= 11 is 0. The SMILES string of the molecule is C#CC1(O)CC[C@H]2[C@@H]3C(C)CC4=CC(=O)CC[C@]4(C=O)[C@@H]3CC[C@@]21C. The van der Waals surface area contributed by atoms with Crippen LogP contribution in [0.4, 0.5) is 0 Å². The fourth-order valence-corrected chi connectivity index (χ4v) is 7.11. The van der Waals surface area contributed by atoms with Crippen LogP contribution in [0.1, 0.15) is 58.8 Å². The average Bonchev–Trinajstić information content (AvgIpc) is 2.87. The van der Waals surface area contributed by atoms with Gasteiger partial charge in [-0.25, -0.2) is 0 Å². The quantitative estimate of drug-likeness (QED) is 0.588. The van der Waals surface area contributed by atoms with Crippen molar-refractivity contribution < 1.29 is 14.7 Å². The number of hydrogen-bond acceptors (Lipinski definition) is 3. The predicted octanol–water partition coefficient (Wildman–Crippen LogP) is 3.31. The monoisotopic (exact) mass is 340 g/mol. The third kappa shape index (κ3) is 1.98. The highest BCUT2D eigenvalue weighted by atomic mass is 16.3. The predicted molar refractivity (Wildman–Crippen MR) is 95.4 cm³/mol. The molecule has 0 aliphatic heterocycles. The molecule has 0 spiro atoms. The highest BCUT2D eigenvalue weighted by Crippen LogP contribution is 2.68. The molecule has 0 aromatic heterocycles. The summed E-state index contributed by atoms with van der Waals surface area (Å²) in [6.45, 7) is 4.42. The molecule has 4 aliphatic rings. The Hall–Kier alpha value is -1.40. The number of rotatable bonds is 1. The molecule has 3 fully saturated rings. The van der Waals surface area contributed by atoms with Crippen LogP contribution in [0.15, 0.2) is 11.6 Å². The van der Waals surface area contributed by atoms with Gasteiger partial charge >= 0.3 is 0 Å². The van der Waals surface area contributed by atoms with Gasteiger partial charge < -0.3 is 9.90 Å². The van der Waals surface area contributed by atoms with E-state index in [9.17, 15) is 14.7 Å². The topological polar surface area (TPSA) is 54.4 Å². The number of aldehydes is 1. The van der Waals surface area contributed by atoms with E-state index in [2.05, 4.69) is 19.8 Å². The number of carbonyl (C=O) groups is 2. The molecule has 0 heterocycles. The fourth-order valence-electron chi connectivity index (χ4n) is 7.11. The number of fused-ring (bicyclic) bond motifs is 5. The first kappa shape index (κ1) is 17.0. The number of allylic oxidation sites excluding steroid dienone is 1. The summed E-state index contributed by atoms with van der Waals surface area (Å²) in [5, 5.41) is 11.1. The second-order valence-corrected chi connectivity index (χ2v) is 9.27. The van der Waals surface area contributed by atoms with Crippen LogP contribution in [0.25, 0.3) is 0 Å². The van der Waals surface area contributed by atoms with E-state index in [-0.39, 0.29) is 17.1 Å². The molecule has 0 radical (unpaired) electrons. The molecule has 0 saturated heterocycles. The van der Waals surface area contributed by atoms with Gasteiger partial charge in [0, 0.05) is 11.8 Å². The summed E-state index contributed by atoms with van der Waals surface area (Å²) < 4.78 is 0. The number of terminal acetylenes is 1. The van der Waals surface area contributed by atoms with Crippen molar-refractivity contribution in [1.29, 1.82) is 0 Å². The maximum absolute atomic E-state index is 12.3. The maximum Gasteiger partial charge on any atom is 0.155 e. The van der Waals surface area contributed by atoms with E-state index in [4.69, 9.17) is 6.42 Å². The van der Waals surface area contributed by atoms with E-state index in [1.807, 2.05) is 0 Å². The first-order chi connectivity index (χ1) is 11.8. The molecule has 25 heavy (non-hydrogen) atoms. The van der Waals surface area contributed by atoms with Crippen LogP contribution in [-0.4, -0.2) is 22.8 Å². The molecule has 0 aromatic rings. The molecule has 134 valence electrons. The summed E-state index contributed by atoms with van der Waals surface area (Å²) in [6, 6.07) is 0. The lowest BCUT2D eigenvalue weighted by Gasteiger charge is -2.59. The largest absolute Gasteiger partial charge is 0.377 e. The Balaban J connectivity index is 1.78. The highest BCUT2D eigenvalue weighted by Gasteiger charge is 2.65. The molecule has 7 atom stereocenters. The van der Waals surface area contributed by atoms with Crippen molar-refractivity contribution in [3.05, 3.63) is 11.6 Å². The minimum absolute atomic E-state index is 0.168. The van der Waals surface area contributed by atoms with Crippen LogP contribution < -0.4 is 0 Å². The van der Waals surface area contributed by atoms with Crippen LogP contribution in [0, 0.1) is 46.8 Å². The first-order valence-corrected chi connectivity index (χ1v) is 9.72. The van der Waals surface area contributed by atoms with Gasteiger partial charge in [0.05, 0.1) is 5.41 Å². The van der Waals surface area contributed by atoms with Gasteiger partial charge in [-0.05, 0) is 68.3 Å². The minimum atomic E-state index is -1.02. The van der Waals surface area contributed by atoms with E-state index in [0.717, 1.165) is 37.5 Å². The molecule has 2 unspecified atom stereocenters. The van der Waals surface area contributed by atoms with Gasteiger partial charge in [0.15, 0.2) is 5.78 Å². The molecular formula is C22H28O3. The zero-order chi connectivity index (χ0) is 18.0. The van der Waals surface area contributed by atoms with E-state index in [1.54, 1.807) is 6.08 Å². The Labute approximate surface area is 150 Å². The third-order valence-corrected chi connectivity index (χ3v) is 8.51. The Bertz CT molecular complexity index is 701. The summed E-state index contributed by atoms with van der Waals surface area (Å²) in [6.07, 6.45) is 14.0. The molecule has 0 bridgehead atoms. The van der Waals surface area contributed by atoms with Crippen LogP contribution in [0.2, 0.25) is 0 Å². The fraction of sp³-hybridized carbons (Fsp3) is 0.727. The van der Waals surface area contributed by atoms with Gasteiger partial charge in [0.2, 0.25) is 0 Å². The Morgan fingerprint density at radius 2 is 2.00 bits per heavy atom. The molecule has 4 aliphatic carbocycles. The summed E-state index contributed by atoms with van der Waals surface area (Å²) in [5.41, 5.74) is -0.660. The van der Waals surface area contributed by atoms with Crippen LogP contribution >= 0.6 is 0 Å². The van der Waals surface area contributed by atoms with Gasteiger partial charge in [-0.3, -0.25) is 4.79 Å². The number of hydrogen-bond donors (Lipinski definition) is 1. The van der Waals surface area contributed by atoms with Crippen molar-refractivity contribution in [1.82, 2.24) is 0 Å². The summed E-state index contributed by atoms with van der Waals surface area (Å²) in [5.74, 6) is 4.33. The smallest absolute Gasteiger partial charge is 0.155 e. The maximum atomic E-state index is 12.3. The highest BCUT2D eigenvalue weighted by molar-refractivity contribution is 5.93. The van der Waals surface area contributed by atoms with Gasteiger partial charge in [-0.15, -0.1) is 6.42 Å². The van der Waals surface area contributed by atoms with E-state index in [0.29, 0.717) is 37.0 Å².